The van der Waals surface area contributed by atoms with Crippen molar-refractivity contribution in [3.05, 3.63) is 106 Å². The Morgan fingerprint density at radius 2 is 1.90 bits per heavy atom. The van der Waals surface area contributed by atoms with Gasteiger partial charge in [0.05, 0.1) is 12.2 Å². The molecule has 0 atom stereocenters. The number of imidazole rings is 1. The topological polar surface area (TPSA) is 81.3 Å². The van der Waals surface area contributed by atoms with Crippen LogP contribution in [-0.2, 0) is 6.54 Å². The average molecular weight is 427 g/mol. The van der Waals surface area contributed by atoms with Crippen molar-refractivity contribution in [3.63, 3.8) is 0 Å². The quantitative estimate of drug-likeness (QED) is 0.461. The van der Waals surface area contributed by atoms with Crippen LogP contribution < -0.4 is 10.9 Å². The average Bonchev–Trinajstić information content (AvgIpc) is 3.39. The van der Waals surface area contributed by atoms with E-state index in [1.807, 2.05) is 70.7 Å². The highest BCUT2D eigenvalue weighted by Crippen LogP contribution is 2.24. The smallest absolute Gasteiger partial charge is 0.276 e. The standard InChI is InChI=1S/C23H17N5O2S/c29-21-10-9-19(26-28(21)14-16-5-2-1-3-6-16)22(30)24-18-8-4-7-17(13-18)20-15-27-11-12-31-23(27)25-20/h1-13,15H,14H2,(H,24,30). The molecule has 0 fully saturated rings. The zero-order chi connectivity index (χ0) is 21.2. The summed E-state index contributed by atoms with van der Waals surface area (Å²) in [6.45, 7) is 0.299. The summed E-state index contributed by atoms with van der Waals surface area (Å²) in [5.74, 6) is -0.384. The molecule has 3 heterocycles. The van der Waals surface area contributed by atoms with Gasteiger partial charge in [-0.1, -0.05) is 42.5 Å². The lowest BCUT2D eigenvalue weighted by Gasteiger charge is -2.09. The fraction of sp³-hybridized carbons (Fsp3) is 0.0435. The second-order valence-electron chi connectivity index (χ2n) is 6.95. The molecule has 5 rings (SSSR count). The summed E-state index contributed by atoms with van der Waals surface area (Å²) in [6, 6.07) is 19.8. The molecular weight excluding hydrogens is 410 g/mol. The summed E-state index contributed by atoms with van der Waals surface area (Å²) < 4.78 is 3.25. The number of nitrogens with one attached hydrogen (secondary N) is 1. The number of hydrogen-bond donors (Lipinski definition) is 1. The number of amides is 1. The van der Waals surface area contributed by atoms with Gasteiger partial charge in [0.2, 0.25) is 0 Å². The SMILES string of the molecule is O=C(Nc1cccc(-c2cn3ccsc3n2)c1)c1ccc(=O)n(Cc2ccccc2)n1. The van der Waals surface area contributed by atoms with Crippen LogP contribution in [0.2, 0.25) is 0 Å². The first kappa shape index (κ1) is 19.0. The van der Waals surface area contributed by atoms with E-state index in [4.69, 9.17) is 0 Å². The fourth-order valence-electron chi connectivity index (χ4n) is 3.26. The Hall–Kier alpha value is -4.04. The van der Waals surface area contributed by atoms with Crippen LogP contribution in [-0.4, -0.2) is 25.1 Å². The van der Waals surface area contributed by atoms with Gasteiger partial charge >= 0.3 is 0 Å². The number of fused-ring (bicyclic) bond motifs is 1. The normalized spacial score (nSPS) is 11.0. The maximum Gasteiger partial charge on any atom is 0.276 e. The van der Waals surface area contributed by atoms with Crippen LogP contribution in [0.3, 0.4) is 0 Å². The van der Waals surface area contributed by atoms with Crippen LogP contribution in [0, 0.1) is 0 Å². The third-order valence-corrected chi connectivity index (χ3v) is 5.55. The van der Waals surface area contributed by atoms with Crippen molar-refractivity contribution in [1.82, 2.24) is 19.2 Å². The van der Waals surface area contributed by atoms with Gasteiger partial charge < -0.3 is 5.32 Å². The van der Waals surface area contributed by atoms with E-state index < -0.39 is 0 Å². The molecule has 5 aromatic rings. The molecule has 2 aromatic carbocycles. The van der Waals surface area contributed by atoms with Gasteiger partial charge in [-0.05, 0) is 23.8 Å². The minimum atomic E-state index is -0.384. The Morgan fingerprint density at radius 3 is 2.74 bits per heavy atom. The lowest BCUT2D eigenvalue weighted by molar-refractivity contribution is 0.102. The van der Waals surface area contributed by atoms with Crippen molar-refractivity contribution in [2.45, 2.75) is 6.54 Å². The maximum atomic E-state index is 12.8. The largest absolute Gasteiger partial charge is 0.321 e. The third kappa shape index (κ3) is 4.01. The van der Waals surface area contributed by atoms with Gasteiger partial charge in [-0.25, -0.2) is 9.67 Å². The molecule has 0 radical (unpaired) electrons. The summed E-state index contributed by atoms with van der Waals surface area (Å²) in [5, 5.41) is 9.08. The number of carbonyl (C=O) groups is 1. The van der Waals surface area contributed by atoms with Crippen molar-refractivity contribution in [2.75, 3.05) is 5.32 Å². The molecule has 3 aromatic heterocycles. The fourth-order valence-corrected chi connectivity index (χ4v) is 3.96. The number of hydrogen-bond acceptors (Lipinski definition) is 5. The number of benzene rings is 2. The molecule has 0 aliphatic rings. The van der Waals surface area contributed by atoms with Crippen LogP contribution in [0.1, 0.15) is 16.1 Å². The first-order valence-corrected chi connectivity index (χ1v) is 10.5. The molecule has 0 aliphatic heterocycles. The first-order valence-electron chi connectivity index (χ1n) is 9.62. The Kier molecular flexibility index (Phi) is 4.89. The van der Waals surface area contributed by atoms with Crippen LogP contribution in [0.25, 0.3) is 16.2 Å². The van der Waals surface area contributed by atoms with Crippen molar-refractivity contribution in [2.24, 2.45) is 0 Å². The third-order valence-electron chi connectivity index (χ3n) is 4.78. The highest BCUT2D eigenvalue weighted by Gasteiger charge is 2.12. The number of carbonyl (C=O) groups excluding carboxylic acids is 1. The summed E-state index contributed by atoms with van der Waals surface area (Å²) >= 11 is 1.56. The highest BCUT2D eigenvalue weighted by molar-refractivity contribution is 7.15. The molecule has 1 amide bonds. The molecule has 8 heteroatoms. The van der Waals surface area contributed by atoms with Gasteiger partial charge in [0.15, 0.2) is 4.96 Å². The highest BCUT2D eigenvalue weighted by atomic mass is 32.1. The molecule has 1 N–H and O–H groups in total. The Bertz CT molecular complexity index is 1410. The zero-order valence-corrected chi connectivity index (χ0v) is 17.1. The van der Waals surface area contributed by atoms with Crippen molar-refractivity contribution < 1.29 is 4.79 Å². The zero-order valence-electron chi connectivity index (χ0n) is 16.3. The van der Waals surface area contributed by atoms with Gasteiger partial charge in [-0.3, -0.25) is 14.0 Å². The molecule has 0 spiro atoms. The summed E-state index contributed by atoms with van der Waals surface area (Å²) in [4.78, 5) is 30.5. The number of aromatic nitrogens is 4. The molecule has 7 nitrogen and oxygen atoms in total. The summed E-state index contributed by atoms with van der Waals surface area (Å²) in [5.41, 5.74) is 3.20. The summed E-state index contributed by atoms with van der Waals surface area (Å²) in [6.07, 6.45) is 3.91. The van der Waals surface area contributed by atoms with Crippen LogP contribution >= 0.6 is 11.3 Å². The van der Waals surface area contributed by atoms with E-state index in [2.05, 4.69) is 15.4 Å². The van der Waals surface area contributed by atoms with E-state index in [0.29, 0.717) is 12.2 Å². The number of thiazole rings is 1. The van der Waals surface area contributed by atoms with E-state index >= 15 is 0 Å². The Labute approximate surface area is 181 Å². The molecule has 0 saturated heterocycles. The van der Waals surface area contributed by atoms with Gasteiger partial charge in [0, 0.05) is 35.1 Å². The molecule has 0 saturated carbocycles. The van der Waals surface area contributed by atoms with Crippen LogP contribution in [0.15, 0.2) is 89.3 Å². The van der Waals surface area contributed by atoms with E-state index in [1.54, 1.807) is 17.4 Å². The monoisotopic (exact) mass is 427 g/mol. The van der Waals surface area contributed by atoms with Crippen molar-refractivity contribution in [3.8, 4) is 11.3 Å². The number of nitrogens with zero attached hydrogens (tertiary/aromatic N) is 4. The minimum absolute atomic E-state index is 0.170. The number of rotatable bonds is 5. The second-order valence-corrected chi connectivity index (χ2v) is 7.83. The minimum Gasteiger partial charge on any atom is -0.321 e. The van der Waals surface area contributed by atoms with Crippen molar-refractivity contribution in [1.29, 1.82) is 0 Å². The van der Waals surface area contributed by atoms with E-state index in [9.17, 15) is 9.59 Å². The lowest BCUT2D eigenvalue weighted by Crippen LogP contribution is -2.26. The Morgan fingerprint density at radius 1 is 1.03 bits per heavy atom. The van der Waals surface area contributed by atoms with Crippen molar-refractivity contribution >= 4 is 27.9 Å². The predicted octanol–water partition coefficient (Wildman–Crippen LogP) is 3.92. The second kappa shape index (κ2) is 8.00. The maximum absolute atomic E-state index is 12.8. The van der Waals surface area contributed by atoms with Gasteiger partial charge in [0.25, 0.3) is 11.5 Å². The lowest BCUT2D eigenvalue weighted by atomic mass is 10.1. The van der Waals surface area contributed by atoms with Gasteiger partial charge in [0.1, 0.15) is 5.69 Å². The Balaban J connectivity index is 1.37. The first-order chi connectivity index (χ1) is 15.2. The molecular formula is C23H17N5O2S. The number of anilines is 1. The molecule has 0 bridgehead atoms. The molecule has 0 unspecified atom stereocenters. The predicted molar refractivity (Wildman–Crippen MR) is 120 cm³/mol. The van der Waals surface area contributed by atoms with Crippen LogP contribution in [0.4, 0.5) is 5.69 Å². The molecule has 31 heavy (non-hydrogen) atoms. The van der Waals surface area contributed by atoms with Crippen LogP contribution in [0.5, 0.6) is 0 Å². The molecule has 152 valence electrons. The van der Waals surface area contributed by atoms with E-state index in [-0.39, 0.29) is 17.2 Å². The van der Waals surface area contributed by atoms with E-state index in [1.165, 1.54) is 16.8 Å². The van der Waals surface area contributed by atoms with Gasteiger partial charge in [-0.15, -0.1) is 11.3 Å². The molecule has 0 aliphatic carbocycles. The van der Waals surface area contributed by atoms with Gasteiger partial charge in [-0.2, -0.15) is 5.10 Å². The van der Waals surface area contributed by atoms with E-state index in [0.717, 1.165) is 21.8 Å². The summed E-state index contributed by atoms with van der Waals surface area (Å²) in [7, 11) is 0.